The number of hydrogen-bond donors (Lipinski definition) is 8. The van der Waals surface area contributed by atoms with E-state index in [1.54, 1.807) is 60.9 Å². The number of nitrogen functional groups attached to an aromatic ring is 1. The Bertz CT molecular complexity index is 3350. The van der Waals surface area contributed by atoms with Crippen molar-refractivity contribution in [1.29, 1.82) is 0 Å². The lowest BCUT2D eigenvalue weighted by atomic mass is 9.52. The summed E-state index contributed by atoms with van der Waals surface area (Å²) in [5.41, 5.74) is 14.2. The fourth-order valence-electron chi connectivity index (χ4n) is 11.2. The number of fused-ring (bicyclic) bond motifs is 2. The second-order valence-corrected chi connectivity index (χ2v) is 20.6. The van der Waals surface area contributed by atoms with Gasteiger partial charge in [-0.15, -0.1) is 0 Å². The molecule has 4 heterocycles. The molecule has 0 atom stereocenters. The minimum atomic E-state index is -0.285. The number of nitrogens with one attached hydrogen (secondary N) is 7. The first kappa shape index (κ1) is 48.9. The Labute approximate surface area is 432 Å². The lowest BCUT2D eigenvalue weighted by Crippen LogP contribution is -2.59. The van der Waals surface area contributed by atoms with Gasteiger partial charge in [0.15, 0.2) is 0 Å². The molecular weight excluding hydrogens is 960 g/mol. The zero-order valence-electron chi connectivity index (χ0n) is 39.1. The average Bonchev–Trinajstić information content (AvgIpc) is 3.98. The molecule has 0 bridgehead atoms. The number of nitrogens with zero attached hydrogens (tertiary/aromatic N) is 4. The molecule has 4 saturated carbocycles. The molecule has 12 rings (SSSR count). The Balaban J connectivity index is 0.000000166. The van der Waals surface area contributed by atoms with E-state index in [2.05, 4.69) is 59.2 Å². The summed E-state index contributed by atoms with van der Waals surface area (Å²) in [6.45, 7) is 3.43. The van der Waals surface area contributed by atoms with Crippen LogP contribution in [-0.4, -0.2) is 71.8 Å². The number of halogens is 2. The van der Waals surface area contributed by atoms with Gasteiger partial charge in [0.1, 0.15) is 0 Å². The summed E-state index contributed by atoms with van der Waals surface area (Å²) in [5, 5.41) is 19.1. The van der Waals surface area contributed by atoms with Crippen LogP contribution in [-0.2, 0) is 4.79 Å². The number of nitrogens with two attached hydrogens (primary N) is 1. The van der Waals surface area contributed by atoms with E-state index in [0.717, 1.165) is 90.0 Å². The molecule has 9 N–H and O–H groups in total. The largest absolute Gasteiger partial charge is 0.399 e. The van der Waals surface area contributed by atoms with E-state index >= 15 is 0 Å². The van der Waals surface area contributed by atoms with Gasteiger partial charge in [-0.05, 0) is 129 Å². The van der Waals surface area contributed by atoms with Crippen molar-refractivity contribution in [2.24, 2.45) is 10.8 Å². The smallest absolute Gasteiger partial charge is 0.251 e. The van der Waals surface area contributed by atoms with Crippen molar-refractivity contribution in [3.8, 4) is 22.5 Å². The van der Waals surface area contributed by atoms with E-state index in [9.17, 15) is 14.4 Å². The number of hydrogen-bond acceptors (Lipinski definition) is 10. The molecule has 0 unspecified atom stereocenters. The Morgan fingerprint density at radius 2 is 1.01 bits per heavy atom. The summed E-state index contributed by atoms with van der Waals surface area (Å²) in [6.07, 6.45) is 16.5. The van der Waals surface area contributed by atoms with E-state index in [-0.39, 0.29) is 42.6 Å². The van der Waals surface area contributed by atoms with Crippen LogP contribution >= 0.6 is 23.2 Å². The van der Waals surface area contributed by atoms with Crippen molar-refractivity contribution in [3.63, 3.8) is 0 Å². The minimum Gasteiger partial charge on any atom is -0.399 e. The molecule has 2 spiro atoms. The third-order valence-electron chi connectivity index (χ3n) is 14.7. The number of aromatic amines is 2. The van der Waals surface area contributed by atoms with Crippen LogP contribution in [0.3, 0.4) is 0 Å². The number of aromatic nitrogens is 6. The second kappa shape index (κ2) is 20.0. The molecule has 0 aliphatic heterocycles. The Kier molecular flexibility index (Phi) is 13.4. The molecular formula is C56H56Cl2N12O3. The quantitative estimate of drug-likeness (QED) is 0.0427. The van der Waals surface area contributed by atoms with Crippen molar-refractivity contribution in [2.75, 3.05) is 21.7 Å². The highest BCUT2D eigenvalue weighted by molar-refractivity contribution is 6.33. The Morgan fingerprint density at radius 3 is 1.45 bits per heavy atom. The zero-order chi connectivity index (χ0) is 49.6. The maximum absolute atomic E-state index is 12.6. The van der Waals surface area contributed by atoms with Crippen LogP contribution in [0, 0.1) is 10.8 Å². The molecule has 372 valence electrons. The number of carbonyl (C=O) groups excluding carboxylic acids is 3. The van der Waals surface area contributed by atoms with Gasteiger partial charge in [-0.25, -0.2) is 19.9 Å². The number of H-pyrrole nitrogens is 2. The Morgan fingerprint density at radius 1 is 0.603 bits per heavy atom. The van der Waals surface area contributed by atoms with Gasteiger partial charge in [0.2, 0.25) is 17.8 Å². The minimum absolute atomic E-state index is 0. The van der Waals surface area contributed by atoms with Crippen LogP contribution in [0.5, 0.6) is 0 Å². The molecule has 4 fully saturated rings. The molecule has 3 amide bonds. The van der Waals surface area contributed by atoms with Crippen LogP contribution in [0.1, 0.15) is 79.5 Å². The zero-order valence-corrected chi connectivity index (χ0v) is 40.7. The molecule has 4 aromatic heterocycles. The fourth-order valence-corrected chi connectivity index (χ4v) is 11.6. The molecule has 73 heavy (non-hydrogen) atoms. The van der Waals surface area contributed by atoms with E-state index in [0.29, 0.717) is 67.6 Å². The lowest BCUT2D eigenvalue weighted by molar-refractivity contribution is -0.111. The third-order valence-corrected chi connectivity index (χ3v) is 15.3. The fraction of sp³-hybridized carbons (Fsp3) is 0.268. The van der Waals surface area contributed by atoms with Crippen molar-refractivity contribution >= 4 is 86.0 Å². The SMILES string of the molecule is C.C=CC(=O)Nc1ccc(C(=O)NC2CC3(C2)CC(Nc2ncc(Cl)c(-c4c[nH]c5ccccc45)n2)C3)cc1.Nc1ccc(C(=O)NC2CC3(C2)CC(Nc2ncc(Cl)c(-c4c[nH]c5ccccc45)n2)C3)cc1. The summed E-state index contributed by atoms with van der Waals surface area (Å²) < 4.78 is 0. The highest BCUT2D eigenvalue weighted by Gasteiger charge is 2.54. The molecule has 17 heteroatoms. The predicted octanol–water partition coefficient (Wildman–Crippen LogP) is 11.2. The van der Waals surface area contributed by atoms with Crippen LogP contribution in [0.2, 0.25) is 10.0 Å². The second-order valence-electron chi connectivity index (χ2n) is 19.8. The van der Waals surface area contributed by atoms with Gasteiger partial charge >= 0.3 is 0 Å². The molecule has 8 aromatic rings. The average molecular weight is 1020 g/mol. The number of rotatable bonds is 12. The first-order valence-corrected chi connectivity index (χ1v) is 24.9. The number of amides is 3. The molecule has 15 nitrogen and oxygen atoms in total. The standard InChI is InChI=1S/C29H27ClN6O2.C26H25ClN6O.CH4/c1-2-25(37)33-18-9-7-17(8-10-18)27(38)34-19-11-29(12-19)13-20(14-29)35-28-32-16-23(30)26(36-28)22-15-31-24-6-4-3-5-21(22)24;27-21-14-30-25(33-23(21)20-13-29-22-4-2-1-3-19(20)22)32-18-11-26(12-18)9-17(10-26)31-24(34)15-5-7-16(28)8-6-15;/h2-10,15-16,19-20,31H,1,11-14H2,(H,33,37)(H,34,38)(H,32,35,36);1-8,13-14,17-18,29H,9-12,28H2,(H,31,34)(H,30,32,33);1H4. The molecule has 4 aromatic carbocycles. The van der Waals surface area contributed by atoms with E-state index in [4.69, 9.17) is 38.9 Å². The topological polar surface area (TPSA) is 221 Å². The van der Waals surface area contributed by atoms with Gasteiger partial charge in [-0.1, -0.05) is 73.6 Å². The van der Waals surface area contributed by atoms with Crippen molar-refractivity contribution in [3.05, 3.63) is 156 Å². The Hall–Kier alpha value is -7.75. The lowest BCUT2D eigenvalue weighted by Gasteiger charge is -2.57. The summed E-state index contributed by atoms with van der Waals surface area (Å²) >= 11 is 12.9. The van der Waals surface area contributed by atoms with Crippen molar-refractivity contribution in [1.82, 2.24) is 40.5 Å². The first-order valence-electron chi connectivity index (χ1n) is 24.1. The van der Waals surface area contributed by atoms with Gasteiger partial charge in [0.05, 0.1) is 33.8 Å². The van der Waals surface area contributed by atoms with Crippen LogP contribution in [0.25, 0.3) is 44.3 Å². The van der Waals surface area contributed by atoms with Gasteiger partial charge < -0.3 is 42.3 Å². The molecule has 0 saturated heterocycles. The van der Waals surface area contributed by atoms with E-state index < -0.39 is 0 Å². The van der Waals surface area contributed by atoms with Gasteiger partial charge in [-0.3, -0.25) is 14.4 Å². The van der Waals surface area contributed by atoms with Crippen LogP contribution in [0.4, 0.5) is 23.3 Å². The molecule has 4 aliphatic carbocycles. The summed E-state index contributed by atoms with van der Waals surface area (Å²) in [7, 11) is 0. The van der Waals surface area contributed by atoms with Gasteiger partial charge in [0.25, 0.3) is 11.8 Å². The van der Waals surface area contributed by atoms with Gasteiger partial charge in [0, 0.05) is 92.0 Å². The normalized spacial score (nSPS) is 22.2. The summed E-state index contributed by atoms with van der Waals surface area (Å²) in [6, 6.07) is 31.0. The van der Waals surface area contributed by atoms with Crippen LogP contribution in [0.15, 0.2) is 135 Å². The highest BCUT2D eigenvalue weighted by atomic mass is 35.5. The number of anilines is 4. The maximum Gasteiger partial charge on any atom is 0.251 e. The molecule has 4 aliphatic rings. The summed E-state index contributed by atoms with van der Waals surface area (Å²) in [5.74, 6) is 0.754. The van der Waals surface area contributed by atoms with E-state index in [1.807, 2.05) is 54.9 Å². The van der Waals surface area contributed by atoms with Crippen LogP contribution < -0.4 is 32.3 Å². The number of carbonyl (C=O) groups is 3. The van der Waals surface area contributed by atoms with E-state index in [1.165, 1.54) is 6.08 Å². The monoisotopic (exact) mass is 1010 g/mol. The van der Waals surface area contributed by atoms with Crippen molar-refractivity contribution in [2.45, 2.75) is 83.0 Å². The molecule has 0 radical (unpaired) electrons. The maximum atomic E-state index is 12.6. The predicted molar refractivity (Wildman–Crippen MR) is 291 cm³/mol. The number of benzene rings is 4. The number of para-hydroxylation sites is 2. The first-order chi connectivity index (χ1) is 34.9. The van der Waals surface area contributed by atoms with Gasteiger partial charge in [-0.2, -0.15) is 0 Å². The highest BCUT2D eigenvalue weighted by Crippen LogP contribution is 2.57. The third kappa shape index (κ3) is 10.2. The summed E-state index contributed by atoms with van der Waals surface area (Å²) in [4.78, 5) is 61.3. The van der Waals surface area contributed by atoms with Crippen molar-refractivity contribution < 1.29 is 14.4 Å².